The molecule has 21 heavy (non-hydrogen) atoms. The Kier molecular flexibility index (Phi) is 4.49. The fraction of sp³-hybridized carbons (Fsp3) is 0.286. The van der Waals surface area contributed by atoms with Crippen molar-refractivity contribution in [1.82, 2.24) is 9.97 Å². The molecule has 0 fully saturated rings. The lowest BCUT2D eigenvalue weighted by Gasteiger charge is -2.14. The van der Waals surface area contributed by atoms with Gasteiger partial charge in [0.1, 0.15) is 17.3 Å². The summed E-state index contributed by atoms with van der Waals surface area (Å²) in [4.78, 5) is 8.46. The van der Waals surface area contributed by atoms with Crippen LogP contribution in [0.2, 0.25) is 5.15 Å². The van der Waals surface area contributed by atoms with Gasteiger partial charge in [-0.2, -0.15) is 0 Å². The van der Waals surface area contributed by atoms with Gasteiger partial charge in [-0.05, 0) is 30.2 Å². The lowest BCUT2D eigenvalue weighted by Crippen LogP contribution is -2.03. The zero-order valence-corrected chi connectivity index (χ0v) is 13.5. The van der Waals surface area contributed by atoms with Gasteiger partial charge in [-0.15, -0.1) is 0 Å². The van der Waals surface area contributed by atoms with Crippen LogP contribution in [0.4, 0.5) is 11.5 Å². The molecule has 7 heteroatoms. The monoisotopic (exact) mass is 325 g/mol. The molecule has 0 bridgehead atoms. The van der Waals surface area contributed by atoms with Crippen LogP contribution < -0.4 is 5.32 Å². The number of rotatable bonds is 4. The van der Waals surface area contributed by atoms with E-state index >= 15 is 0 Å². The first kappa shape index (κ1) is 15.7. The standard InChI is InChI=1S/C14H16ClN3O2S/c1-9(2)12-13(15)16-8-17-14(12)18-10-4-6-11(7-5-10)21(3,19)20/h4-9H,1-3H3,(H,16,17,18). The molecule has 0 unspecified atom stereocenters. The number of aromatic nitrogens is 2. The van der Waals surface area contributed by atoms with Crippen molar-refractivity contribution in [3.63, 3.8) is 0 Å². The van der Waals surface area contributed by atoms with Gasteiger partial charge in [-0.1, -0.05) is 25.4 Å². The van der Waals surface area contributed by atoms with Gasteiger partial charge in [-0.25, -0.2) is 18.4 Å². The Bertz CT molecular complexity index is 743. The van der Waals surface area contributed by atoms with Crippen molar-refractivity contribution in [2.24, 2.45) is 0 Å². The lowest BCUT2D eigenvalue weighted by molar-refractivity contribution is 0.602. The zero-order valence-electron chi connectivity index (χ0n) is 12.0. The third-order valence-corrected chi connectivity index (χ3v) is 4.39. The molecule has 0 amide bonds. The van der Waals surface area contributed by atoms with E-state index in [9.17, 15) is 8.42 Å². The van der Waals surface area contributed by atoms with Crippen molar-refractivity contribution < 1.29 is 8.42 Å². The van der Waals surface area contributed by atoms with Crippen molar-refractivity contribution >= 4 is 32.9 Å². The van der Waals surface area contributed by atoms with Crippen LogP contribution >= 0.6 is 11.6 Å². The van der Waals surface area contributed by atoms with E-state index < -0.39 is 9.84 Å². The molecule has 1 aromatic heterocycles. The quantitative estimate of drug-likeness (QED) is 0.872. The molecule has 0 aliphatic heterocycles. The van der Waals surface area contributed by atoms with E-state index in [2.05, 4.69) is 15.3 Å². The van der Waals surface area contributed by atoms with E-state index in [4.69, 9.17) is 11.6 Å². The summed E-state index contributed by atoms with van der Waals surface area (Å²) < 4.78 is 22.9. The van der Waals surface area contributed by atoms with Crippen molar-refractivity contribution in [2.75, 3.05) is 11.6 Å². The van der Waals surface area contributed by atoms with Gasteiger partial charge in [0.15, 0.2) is 9.84 Å². The number of benzene rings is 1. The molecule has 0 radical (unpaired) electrons. The summed E-state index contributed by atoms with van der Waals surface area (Å²) in [5.41, 5.74) is 1.56. The largest absolute Gasteiger partial charge is 0.340 e. The van der Waals surface area contributed by atoms with E-state index in [0.29, 0.717) is 11.0 Å². The molecule has 112 valence electrons. The number of sulfone groups is 1. The van der Waals surface area contributed by atoms with Crippen LogP contribution in [-0.2, 0) is 9.84 Å². The van der Waals surface area contributed by atoms with Gasteiger partial charge in [-0.3, -0.25) is 0 Å². The van der Waals surface area contributed by atoms with Crippen LogP contribution in [0, 0.1) is 0 Å². The first-order valence-corrected chi connectivity index (χ1v) is 8.63. The summed E-state index contributed by atoms with van der Waals surface area (Å²) in [7, 11) is -3.20. The summed E-state index contributed by atoms with van der Waals surface area (Å²) in [6.45, 7) is 4.00. The van der Waals surface area contributed by atoms with Gasteiger partial charge in [0.05, 0.1) is 4.90 Å². The minimum atomic E-state index is -3.20. The molecule has 1 N–H and O–H groups in total. The first-order valence-electron chi connectivity index (χ1n) is 6.36. The molecule has 0 atom stereocenters. The molecule has 2 aromatic rings. The summed E-state index contributed by atoms with van der Waals surface area (Å²) >= 11 is 6.11. The predicted molar refractivity (Wildman–Crippen MR) is 84.0 cm³/mol. The Morgan fingerprint density at radius 1 is 1.14 bits per heavy atom. The SMILES string of the molecule is CC(C)c1c(Cl)ncnc1Nc1ccc(S(C)(=O)=O)cc1. The van der Waals surface area contributed by atoms with Crippen LogP contribution in [-0.4, -0.2) is 24.6 Å². The number of nitrogens with one attached hydrogen (secondary N) is 1. The van der Waals surface area contributed by atoms with E-state index in [1.54, 1.807) is 24.3 Å². The highest BCUT2D eigenvalue weighted by Crippen LogP contribution is 2.30. The van der Waals surface area contributed by atoms with Gasteiger partial charge in [0.25, 0.3) is 0 Å². The highest BCUT2D eigenvalue weighted by molar-refractivity contribution is 7.90. The molecule has 0 aliphatic carbocycles. The molecular weight excluding hydrogens is 310 g/mol. The maximum absolute atomic E-state index is 11.4. The van der Waals surface area contributed by atoms with Crippen molar-refractivity contribution in [3.8, 4) is 0 Å². The predicted octanol–water partition coefficient (Wildman–Crippen LogP) is 3.40. The molecule has 2 rings (SSSR count). The minimum absolute atomic E-state index is 0.163. The van der Waals surface area contributed by atoms with E-state index in [1.807, 2.05) is 13.8 Å². The molecule has 1 aromatic carbocycles. The van der Waals surface area contributed by atoms with Crippen LogP contribution in [0.3, 0.4) is 0 Å². The fourth-order valence-electron chi connectivity index (χ4n) is 1.91. The second kappa shape index (κ2) is 5.99. The van der Waals surface area contributed by atoms with E-state index in [0.717, 1.165) is 11.3 Å². The summed E-state index contributed by atoms with van der Waals surface area (Å²) in [5, 5.41) is 3.56. The smallest absolute Gasteiger partial charge is 0.175 e. The lowest BCUT2D eigenvalue weighted by atomic mass is 10.1. The summed E-state index contributed by atoms with van der Waals surface area (Å²) in [6.07, 6.45) is 2.57. The van der Waals surface area contributed by atoms with Crippen LogP contribution in [0.25, 0.3) is 0 Å². The average molecular weight is 326 g/mol. The number of halogens is 1. The molecule has 0 saturated carbocycles. The molecule has 1 heterocycles. The second-order valence-corrected chi connectivity index (χ2v) is 7.38. The number of anilines is 2. The first-order chi connectivity index (χ1) is 9.79. The van der Waals surface area contributed by atoms with Crippen molar-refractivity contribution in [1.29, 1.82) is 0 Å². The van der Waals surface area contributed by atoms with Crippen molar-refractivity contribution in [3.05, 3.63) is 41.3 Å². The zero-order chi connectivity index (χ0) is 15.6. The van der Waals surface area contributed by atoms with E-state index in [1.165, 1.54) is 12.6 Å². The number of nitrogens with zero attached hydrogens (tertiary/aromatic N) is 2. The van der Waals surface area contributed by atoms with Gasteiger partial charge >= 0.3 is 0 Å². The van der Waals surface area contributed by atoms with Crippen LogP contribution in [0.1, 0.15) is 25.3 Å². The topological polar surface area (TPSA) is 72.0 Å². The summed E-state index contributed by atoms with van der Waals surface area (Å²) in [6, 6.07) is 6.48. The Morgan fingerprint density at radius 2 is 1.76 bits per heavy atom. The Hall–Kier alpha value is -1.66. The Balaban J connectivity index is 2.33. The fourth-order valence-corrected chi connectivity index (χ4v) is 2.89. The number of hydrogen-bond donors (Lipinski definition) is 1. The normalized spacial score (nSPS) is 11.7. The third kappa shape index (κ3) is 3.71. The van der Waals surface area contributed by atoms with Gasteiger partial charge < -0.3 is 5.32 Å². The van der Waals surface area contributed by atoms with Crippen LogP contribution in [0.15, 0.2) is 35.5 Å². The maximum atomic E-state index is 11.4. The van der Waals surface area contributed by atoms with E-state index in [-0.39, 0.29) is 10.8 Å². The highest BCUT2D eigenvalue weighted by atomic mass is 35.5. The molecule has 0 aliphatic rings. The minimum Gasteiger partial charge on any atom is -0.340 e. The molecule has 0 saturated heterocycles. The average Bonchev–Trinajstić information content (AvgIpc) is 2.38. The molecule has 0 spiro atoms. The van der Waals surface area contributed by atoms with Crippen molar-refractivity contribution in [2.45, 2.75) is 24.7 Å². The molecule has 5 nitrogen and oxygen atoms in total. The molecular formula is C14H16ClN3O2S. The highest BCUT2D eigenvalue weighted by Gasteiger charge is 2.14. The number of hydrogen-bond acceptors (Lipinski definition) is 5. The Labute approximate surface area is 129 Å². The van der Waals surface area contributed by atoms with Gasteiger partial charge in [0, 0.05) is 17.5 Å². The summed E-state index contributed by atoms with van der Waals surface area (Å²) in [5.74, 6) is 0.786. The van der Waals surface area contributed by atoms with Gasteiger partial charge in [0.2, 0.25) is 0 Å². The third-order valence-electron chi connectivity index (χ3n) is 2.96. The van der Waals surface area contributed by atoms with Crippen LogP contribution in [0.5, 0.6) is 0 Å². The maximum Gasteiger partial charge on any atom is 0.175 e. The Morgan fingerprint density at radius 3 is 2.29 bits per heavy atom. The second-order valence-electron chi connectivity index (χ2n) is 5.00.